The lowest BCUT2D eigenvalue weighted by Gasteiger charge is -2.34. The van der Waals surface area contributed by atoms with E-state index in [0.717, 1.165) is 62.6 Å². The highest BCUT2D eigenvalue weighted by atomic mass is 19.1. The molecule has 4 rings (SSSR count). The van der Waals surface area contributed by atoms with Gasteiger partial charge in [-0.25, -0.2) is 23.6 Å². The van der Waals surface area contributed by atoms with Crippen molar-refractivity contribution in [3.05, 3.63) is 126 Å². The number of rotatable bonds is 16. The molecule has 14 heteroatoms. The van der Waals surface area contributed by atoms with Gasteiger partial charge < -0.3 is 34.8 Å². The molecular weight excluding hydrogens is 679 g/mol. The van der Waals surface area contributed by atoms with E-state index in [1.807, 2.05) is 30.3 Å². The number of piperazine rings is 1. The largest absolute Gasteiger partial charge is 0.497 e. The van der Waals surface area contributed by atoms with E-state index < -0.39 is 23.9 Å². The molecule has 13 nitrogen and oxygen atoms in total. The van der Waals surface area contributed by atoms with E-state index >= 15 is 0 Å². The second kappa shape index (κ2) is 23.7. The van der Waals surface area contributed by atoms with E-state index in [1.165, 1.54) is 12.1 Å². The fraction of sp³-hybridized carbons (Fsp3) is 0.289. The molecule has 0 amide bonds. The third kappa shape index (κ3) is 17.8. The molecule has 1 fully saturated rings. The Kier molecular flexibility index (Phi) is 19.3. The summed E-state index contributed by atoms with van der Waals surface area (Å²) in [6, 6.07) is 24.2. The zero-order chi connectivity index (χ0) is 38.3. The lowest BCUT2D eigenvalue weighted by molar-refractivity contribution is -0.134. The van der Waals surface area contributed by atoms with Crippen molar-refractivity contribution in [1.29, 1.82) is 0 Å². The number of benzene rings is 3. The van der Waals surface area contributed by atoms with Gasteiger partial charge in [-0.15, -0.1) is 0 Å². The quantitative estimate of drug-likeness (QED) is 0.118. The zero-order valence-electron chi connectivity index (χ0n) is 28.7. The van der Waals surface area contributed by atoms with Crippen LogP contribution in [0.25, 0.3) is 0 Å². The van der Waals surface area contributed by atoms with Crippen LogP contribution in [-0.4, -0.2) is 113 Å². The number of carbonyl (C=O) groups excluding carboxylic acids is 1. The number of methoxy groups -OCH3 is 1. The van der Waals surface area contributed by atoms with Crippen LogP contribution in [0.4, 0.5) is 4.39 Å². The van der Waals surface area contributed by atoms with Crippen molar-refractivity contribution in [3.63, 3.8) is 0 Å². The molecule has 0 aromatic heterocycles. The molecule has 0 radical (unpaired) electrons. The molecule has 0 bridgehead atoms. The maximum absolute atomic E-state index is 13.0. The summed E-state index contributed by atoms with van der Waals surface area (Å²) in [6.07, 6.45) is 3.43. The minimum Gasteiger partial charge on any atom is -0.497 e. The number of ketones is 1. The summed E-state index contributed by atoms with van der Waals surface area (Å²) in [5.74, 6) is -4.43. The van der Waals surface area contributed by atoms with Gasteiger partial charge in [0.15, 0.2) is 5.78 Å². The monoisotopic (exact) mass is 722 g/mol. The van der Waals surface area contributed by atoms with Crippen LogP contribution >= 0.6 is 0 Å². The lowest BCUT2D eigenvalue weighted by atomic mass is 10.0. The Hall–Kier alpha value is -5.70. The van der Waals surface area contributed by atoms with Gasteiger partial charge in [0.25, 0.3) is 0 Å². The van der Waals surface area contributed by atoms with Gasteiger partial charge in [-0.2, -0.15) is 0 Å². The van der Waals surface area contributed by atoms with Gasteiger partial charge in [0.05, 0.1) is 13.7 Å². The number of halogens is 1. The average molecular weight is 723 g/mol. The molecule has 0 spiro atoms. The molecule has 0 saturated carbocycles. The lowest BCUT2D eigenvalue weighted by Crippen LogP contribution is -2.47. The van der Waals surface area contributed by atoms with Crippen LogP contribution in [0.15, 0.2) is 103 Å². The van der Waals surface area contributed by atoms with E-state index in [-0.39, 0.29) is 17.7 Å². The number of carbonyl (C=O) groups is 5. The molecule has 1 aliphatic rings. The highest BCUT2D eigenvalue weighted by Crippen LogP contribution is 2.27. The molecule has 278 valence electrons. The van der Waals surface area contributed by atoms with E-state index in [9.17, 15) is 28.4 Å². The van der Waals surface area contributed by atoms with Crippen LogP contribution in [0, 0.1) is 5.82 Å². The van der Waals surface area contributed by atoms with Crippen LogP contribution in [0.1, 0.15) is 40.4 Å². The summed E-state index contributed by atoms with van der Waals surface area (Å²) in [5, 5.41) is 31.2. The molecule has 0 aliphatic carbocycles. The molecular formula is C38H43FN2O11. The van der Waals surface area contributed by atoms with Gasteiger partial charge in [0.2, 0.25) is 0 Å². The van der Waals surface area contributed by atoms with E-state index in [4.69, 9.17) is 29.9 Å². The van der Waals surface area contributed by atoms with E-state index in [0.29, 0.717) is 42.9 Å². The number of carboxylic acids is 4. The Morgan fingerprint density at radius 2 is 1.13 bits per heavy atom. The van der Waals surface area contributed by atoms with Gasteiger partial charge >= 0.3 is 23.9 Å². The first-order valence-electron chi connectivity index (χ1n) is 16.2. The Morgan fingerprint density at radius 1 is 0.673 bits per heavy atom. The van der Waals surface area contributed by atoms with Gasteiger partial charge in [-0.05, 0) is 60.5 Å². The van der Waals surface area contributed by atoms with Crippen molar-refractivity contribution in [2.24, 2.45) is 0 Å². The molecule has 1 atom stereocenters. The zero-order valence-corrected chi connectivity index (χ0v) is 28.7. The summed E-state index contributed by atoms with van der Waals surface area (Å²) < 4.78 is 24.7. The first kappa shape index (κ1) is 42.5. The summed E-state index contributed by atoms with van der Waals surface area (Å²) >= 11 is 0. The van der Waals surface area contributed by atoms with Gasteiger partial charge in [0.1, 0.15) is 17.7 Å². The van der Waals surface area contributed by atoms with Crippen LogP contribution in [-0.2, 0) is 23.9 Å². The summed E-state index contributed by atoms with van der Waals surface area (Å²) in [7, 11) is 1.67. The second-order valence-electron chi connectivity index (χ2n) is 11.2. The highest BCUT2D eigenvalue weighted by Gasteiger charge is 2.19. The first-order valence-corrected chi connectivity index (χ1v) is 16.2. The molecule has 1 unspecified atom stereocenters. The normalized spacial score (nSPS) is 13.7. The predicted molar refractivity (Wildman–Crippen MR) is 189 cm³/mol. The van der Waals surface area contributed by atoms with Crippen LogP contribution in [0.3, 0.4) is 0 Å². The molecule has 3 aromatic carbocycles. The SMILES string of the molecule is COc1ccc(C(OCCN2CCN(CCCC(=O)c3ccc(F)cc3)CC2)c2ccccc2)cc1.O=C(O)/C=C\C(=O)O.O=C(O)/C=C\C(=O)O. The van der Waals surface area contributed by atoms with Gasteiger partial charge in [-0.1, -0.05) is 42.5 Å². The minimum atomic E-state index is -1.26. The maximum atomic E-state index is 13.0. The number of ether oxygens (including phenoxy) is 2. The van der Waals surface area contributed by atoms with Crippen molar-refractivity contribution in [1.82, 2.24) is 9.80 Å². The van der Waals surface area contributed by atoms with Crippen molar-refractivity contribution in [2.75, 3.05) is 53.0 Å². The highest BCUT2D eigenvalue weighted by molar-refractivity contribution is 5.96. The first-order chi connectivity index (χ1) is 24.9. The number of aliphatic carboxylic acids is 4. The topological polar surface area (TPSA) is 191 Å². The van der Waals surface area contributed by atoms with E-state index in [2.05, 4.69) is 34.1 Å². The number of carboxylic acid groups (broad SMARTS) is 4. The van der Waals surface area contributed by atoms with Crippen molar-refractivity contribution >= 4 is 29.7 Å². The molecule has 1 saturated heterocycles. The Morgan fingerprint density at radius 3 is 1.60 bits per heavy atom. The number of hydrogen-bond donors (Lipinski definition) is 4. The van der Waals surface area contributed by atoms with Crippen molar-refractivity contribution in [2.45, 2.75) is 18.9 Å². The van der Waals surface area contributed by atoms with Gasteiger partial charge in [0, 0.05) is 69.0 Å². The molecule has 1 heterocycles. The Balaban J connectivity index is 0.000000487. The summed E-state index contributed by atoms with van der Waals surface area (Å²) in [4.78, 5) is 55.4. The fourth-order valence-corrected chi connectivity index (χ4v) is 4.86. The maximum Gasteiger partial charge on any atom is 0.328 e. The minimum absolute atomic E-state index is 0.0793. The molecule has 3 aromatic rings. The molecule has 4 N–H and O–H groups in total. The van der Waals surface area contributed by atoms with Crippen LogP contribution < -0.4 is 4.74 Å². The smallest absolute Gasteiger partial charge is 0.328 e. The standard InChI is InChI=1S/C30H35FN2O3.2C4H4O4/c1-35-28-15-11-26(12-16-28)30(25-6-3-2-4-7-25)36-23-22-33-20-18-32(19-21-33)17-5-8-29(34)24-9-13-27(31)14-10-24;2*5-3(6)1-2-4(7)8/h2-4,6-7,9-16,30H,5,8,17-23H2,1H3;2*1-2H,(H,5,6)(H,7,8)/b;2*2-1-. The number of hydrogen-bond acceptors (Lipinski definition) is 9. The van der Waals surface area contributed by atoms with Crippen molar-refractivity contribution < 1.29 is 58.3 Å². The van der Waals surface area contributed by atoms with Crippen LogP contribution in [0.5, 0.6) is 5.75 Å². The fourth-order valence-electron chi connectivity index (χ4n) is 4.86. The third-order valence-corrected chi connectivity index (χ3v) is 7.46. The number of Topliss-reactive ketones (excluding diaryl/α,β-unsaturated/α-hetero) is 1. The van der Waals surface area contributed by atoms with Gasteiger partial charge in [-0.3, -0.25) is 9.69 Å². The Bertz CT molecular complexity index is 1550. The second-order valence-corrected chi connectivity index (χ2v) is 11.2. The average Bonchev–Trinajstić information content (AvgIpc) is 3.13. The molecule has 1 aliphatic heterocycles. The molecule has 52 heavy (non-hydrogen) atoms. The summed E-state index contributed by atoms with van der Waals surface area (Å²) in [6.45, 7) is 6.41. The van der Waals surface area contributed by atoms with Crippen LogP contribution in [0.2, 0.25) is 0 Å². The van der Waals surface area contributed by atoms with E-state index in [1.54, 1.807) is 19.2 Å². The predicted octanol–water partition coefficient (Wildman–Crippen LogP) is 4.64. The third-order valence-electron chi connectivity index (χ3n) is 7.46. The van der Waals surface area contributed by atoms with Crippen molar-refractivity contribution in [3.8, 4) is 5.75 Å². The number of nitrogens with zero attached hydrogens (tertiary/aromatic N) is 2. The summed E-state index contributed by atoms with van der Waals surface area (Å²) in [5.41, 5.74) is 2.84. The Labute approximate surface area is 300 Å².